The van der Waals surface area contributed by atoms with Crippen molar-refractivity contribution in [3.8, 4) is 0 Å². The molecule has 2 saturated heterocycles. The number of carbonyl (C=O) groups is 2. The van der Waals surface area contributed by atoms with Crippen LogP contribution in [-0.2, 0) is 11.3 Å². The van der Waals surface area contributed by atoms with Crippen molar-refractivity contribution >= 4 is 11.9 Å². The van der Waals surface area contributed by atoms with E-state index in [2.05, 4.69) is 34.4 Å². The van der Waals surface area contributed by atoms with Gasteiger partial charge < -0.3 is 9.73 Å². The summed E-state index contributed by atoms with van der Waals surface area (Å²) in [6.45, 7) is 8.27. The zero-order valence-electron chi connectivity index (χ0n) is 13.9. The molecular weight excluding hydrogens is 296 g/mol. The third kappa shape index (κ3) is 3.10. The van der Waals surface area contributed by atoms with Crippen LogP contribution in [-0.4, -0.2) is 40.5 Å². The fourth-order valence-corrected chi connectivity index (χ4v) is 3.37. The predicted octanol–water partition coefficient (Wildman–Crippen LogP) is 1.61. The van der Waals surface area contributed by atoms with Crippen LogP contribution in [0.2, 0.25) is 0 Å². The average molecular weight is 320 g/mol. The van der Waals surface area contributed by atoms with Crippen molar-refractivity contribution in [2.24, 2.45) is 5.92 Å². The summed E-state index contributed by atoms with van der Waals surface area (Å²) in [5.74, 6) is 1.78. The van der Waals surface area contributed by atoms with Crippen LogP contribution in [0.25, 0.3) is 0 Å². The van der Waals surface area contributed by atoms with E-state index in [9.17, 15) is 9.59 Å². The second kappa shape index (κ2) is 5.96. The third-order valence-electron chi connectivity index (χ3n) is 4.89. The Morgan fingerprint density at radius 1 is 1.48 bits per heavy atom. The molecule has 0 aliphatic carbocycles. The number of rotatable bonds is 4. The maximum atomic E-state index is 12.1. The molecule has 7 heteroatoms. The first-order chi connectivity index (χ1) is 10.9. The standard InChI is InChI=1S/C16H24N4O3/c1-10(2)12-7-17-13(23-12)9-20-6-4-5-11(8-20)16(3)14(21)18-15(22)19-16/h7,10-11H,4-6,8-9H2,1-3H3,(H2,18,19,21,22)/t11-,16+/m0/s1. The van der Waals surface area contributed by atoms with Gasteiger partial charge in [-0.25, -0.2) is 9.78 Å². The lowest BCUT2D eigenvalue weighted by atomic mass is 9.80. The second-order valence-electron chi connectivity index (χ2n) is 7.00. The molecule has 3 heterocycles. The topological polar surface area (TPSA) is 87.5 Å². The number of urea groups is 1. The van der Waals surface area contributed by atoms with Crippen molar-refractivity contribution in [2.75, 3.05) is 13.1 Å². The molecule has 0 bridgehead atoms. The summed E-state index contributed by atoms with van der Waals surface area (Å²) < 4.78 is 5.77. The Morgan fingerprint density at radius 2 is 2.26 bits per heavy atom. The summed E-state index contributed by atoms with van der Waals surface area (Å²) >= 11 is 0. The van der Waals surface area contributed by atoms with Crippen LogP contribution in [0.3, 0.4) is 0 Å². The van der Waals surface area contributed by atoms with Crippen LogP contribution < -0.4 is 10.6 Å². The SMILES string of the molecule is CC(C)c1cnc(CN2CCC[C@H]([C@@]3(C)NC(=O)NC3=O)C2)o1. The molecule has 3 amide bonds. The van der Waals surface area contributed by atoms with Crippen molar-refractivity contribution < 1.29 is 14.0 Å². The van der Waals surface area contributed by atoms with Gasteiger partial charge >= 0.3 is 6.03 Å². The van der Waals surface area contributed by atoms with Crippen LogP contribution in [0.1, 0.15) is 51.2 Å². The van der Waals surface area contributed by atoms with Gasteiger partial charge in [-0.1, -0.05) is 13.8 Å². The van der Waals surface area contributed by atoms with Gasteiger partial charge in [-0.15, -0.1) is 0 Å². The molecule has 2 fully saturated rings. The molecule has 23 heavy (non-hydrogen) atoms. The fraction of sp³-hybridized carbons (Fsp3) is 0.688. The number of oxazole rings is 1. The molecule has 0 unspecified atom stereocenters. The van der Waals surface area contributed by atoms with E-state index >= 15 is 0 Å². The molecule has 126 valence electrons. The van der Waals surface area contributed by atoms with Gasteiger partial charge in [-0.05, 0) is 26.3 Å². The van der Waals surface area contributed by atoms with E-state index in [4.69, 9.17) is 4.42 Å². The highest BCUT2D eigenvalue weighted by atomic mass is 16.4. The molecule has 1 aromatic heterocycles. The maximum Gasteiger partial charge on any atom is 0.322 e. The van der Waals surface area contributed by atoms with Gasteiger partial charge in [0.1, 0.15) is 11.3 Å². The molecule has 2 atom stereocenters. The molecule has 0 radical (unpaired) electrons. The number of hydrogen-bond donors (Lipinski definition) is 2. The Morgan fingerprint density at radius 3 is 2.87 bits per heavy atom. The number of likely N-dealkylation sites (tertiary alicyclic amines) is 1. The first-order valence-electron chi connectivity index (χ1n) is 8.19. The van der Waals surface area contributed by atoms with Crippen molar-refractivity contribution in [3.05, 3.63) is 17.8 Å². The van der Waals surface area contributed by atoms with E-state index in [0.29, 0.717) is 18.4 Å². The van der Waals surface area contributed by atoms with Crippen molar-refractivity contribution in [3.63, 3.8) is 0 Å². The molecule has 2 aliphatic heterocycles. The van der Waals surface area contributed by atoms with Crippen molar-refractivity contribution in [1.82, 2.24) is 20.5 Å². The maximum absolute atomic E-state index is 12.1. The van der Waals surface area contributed by atoms with Gasteiger partial charge in [0.15, 0.2) is 0 Å². The molecule has 1 aromatic rings. The summed E-state index contributed by atoms with van der Waals surface area (Å²) in [4.78, 5) is 30.2. The molecule has 2 N–H and O–H groups in total. The van der Waals surface area contributed by atoms with E-state index in [-0.39, 0.29) is 11.8 Å². The first-order valence-corrected chi connectivity index (χ1v) is 8.19. The Balaban J connectivity index is 1.66. The van der Waals surface area contributed by atoms with Gasteiger partial charge in [-0.3, -0.25) is 15.0 Å². The largest absolute Gasteiger partial charge is 0.444 e. The number of nitrogens with one attached hydrogen (secondary N) is 2. The average Bonchev–Trinajstić information content (AvgIpc) is 3.05. The molecular formula is C16H24N4O3. The van der Waals surface area contributed by atoms with Gasteiger partial charge in [0.2, 0.25) is 5.89 Å². The summed E-state index contributed by atoms with van der Waals surface area (Å²) in [5, 5.41) is 5.13. The number of hydrogen-bond acceptors (Lipinski definition) is 5. The van der Waals surface area contributed by atoms with Crippen molar-refractivity contribution in [2.45, 2.75) is 51.6 Å². The highest BCUT2D eigenvalue weighted by Crippen LogP contribution is 2.30. The van der Waals surface area contributed by atoms with Gasteiger partial charge in [0.25, 0.3) is 5.91 Å². The summed E-state index contributed by atoms with van der Waals surface area (Å²) in [7, 11) is 0. The number of amides is 3. The van der Waals surface area contributed by atoms with Crippen LogP contribution >= 0.6 is 0 Å². The highest BCUT2D eigenvalue weighted by molar-refractivity contribution is 6.06. The lowest BCUT2D eigenvalue weighted by molar-refractivity contribution is -0.126. The number of nitrogens with zero attached hydrogens (tertiary/aromatic N) is 2. The second-order valence-corrected chi connectivity index (χ2v) is 7.00. The lowest BCUT2D eigenvalue weighted by Gasteiger charge is -2.39. The molecule has 0 saturated carbocycles. The van der Waals surface area contributed by atoms with Gasteiger partial charge in [0, 0.05) is 18.4 Å². The monoisotopic (exact) mass is 320 g/mol. The summed E-state index contributed by atoms with van der Waals surface area (Å²) in [6.07, 6.45) is 3.69. The van der Waals surface area contributed by atoms with Crippen LogP contribution in [0.4, 0.5) is 4.79 Å². The molecule has 2 aliphatic rings. The Kier molecular flexibility index (Phi) is 4.14. The molecule has 3 rings (SSSR count). The lowest BCUT2D eigenvalue weighted by Crippen LogP contribution is -2.55. The fourth-order valence-electron chi connectivity index (χ4n) is 3.37. The minimum absolute atomic E-state index is 0.0854. The number of imide groups is 1. The Hall–Kier alpha value is -1.89. The van der Waals surface area contributed by atoms with Crippen LogP contribution in [0.15, 0.2) is 10.6 Å². The van der Waals surface area contributed by atoms with Crippen LogP contribution in [0.5, 0.6) is 0 Å². The van der Waals surface area contributed by atoms with E-state index in [1.807, 2.05) is 6.92 Å². The van der Waals surface area contributed by atoms with E-state index in [1.165, 1.54) is 0 Å². The zero-order valence-corrected chi connectivity index (χ0v) is 13.9. The zero-order chi connectivity index (χ0) is 16.6. The number of piperidine rings is 1. The number of aromatic nitrogens is 1. The summed E-state index contributed by atoms with van der Waals surface area (Å²) in [5.41, 5.74) is -0.824. The normalized spacial score (nSPS) is 29.0. The quantitative estimate of drug-likeness (QED) is 0.823. The smallest absolute Gasteiger partial charge is 0.322 e. The first kappa shape index (κ1) is 16.0. The molecule has 0 aromatic carbocycles. The van der Waals surface area contributed by atoms with Gasteiger partial charge in [0.05, 0.1) is 12.7 Å². The van der Waals surface area contributed by atoms with E-state index in [0.717, 1.165) is 31.7 Å². The third-order valence-corrected chi connectivity index (χ3v) is 4.89. The molecule has 7 nitrogen and oxygen atoms in total. The minimum Gasteiger partial charge on any atom is -0.444 e. The van der Waals surface area contributed by atoms with E-state index < -0.39 is 11.6 Å². The van der Waals surface area contributed by atoms with Crippen LogP contribution in [0, 0.1) is 5.92 Å². The minimum atomic E-state index is -0.824. The van der Waals surface area contributed by atoms with Crippen molar-refractivity contribution in [1.29, 1.82) is 0 Å². The Bertz CT molecular complexity index is 612. The van der Waals surface area contributed by atoms with Gasteiger partial charge in [-0.2, -0.15) is 0 Å². The Labute approximate surface area is 135 Å². The number of carbonyl (C=O) groups excluding carboxylic acids is 2. The highest BCUT2D eigenvalue weighted by Gasteiger charge is 2.48. The summed E-state index contributed by atoms with van der Waals surface area (Å²) in [6, 6.07) is -0.399. The molecule has 0 spiro atoms. The van der Waals surface area contributed by atoms with E-state index in [1.54, 1.807) is 6.20 Å². The predicted molar refractivity (Wildman–Crippen MR) is 83.7 cm³/mol.